The Hall–Kier alpha value is -7.98. The van der Waals surface area contributed by atoms with Crippen LogP contribution >= 0.6 is 11.3 Å². The van der Waals surface area contributed by atoms with Gasteiger partial charge in [0.1, 0.15) is 0 Å². The van der Waals surface area contributed by atoms with Gasteiger partial charge in [0, 0.05) is 53.5 Å². The SMILES string of the molecule is CCCCc1ccc(N2c3cc4c(c5c3C(c3c2ccc2sc6ccccc6c32)N2c3ccccc3C3(c6ccccc6-c6ccccc63)c3cccc-5c32)-c2ccccc2C4(C)C)c(-c2ccccc2)c1. The third kappa shape index (κ3) is 4.99. The number of hydrogen-bond acceptors (Lipinski definition) is 3. The molecule has 0 bridgehead atoms. The Balaban J connectivity index is 1.12. The molecule has 3 aliphatic heterocycles. The van der Waals surface area contributed by atoms with Gasteiger partial charge in [-0.1, -0.05) is 191 Å². The van der Waals surface area contributed by atoms with Crippen LogP contribution < -0.4 is 9.80 Å². The van der Waals surface area contributed by atoms with Crippen molar-refractivity contribution in [2.75, 3.05) is 9.80 Å². The van der Waals surface area contributed by atoms with E-state index in [-0.39, 0.29) is 11.5 Å². The topological polar surface area (TPSA) is 6.48 Å². The molecule has 3 heteroatoms. The predicted octanol–water partition coefficient (Wildman–Crippen LogP) is 18.7. The van der Waals surface area contributed by atoms with Crippen LogP contribution in [0.5, 0.6) is 0 Å². The minimum Gasteiger partial charge on any atom is -0.328 e. The molecule has 16 rings (SSSR count). The average Bonchev–Trinajstić information content (AvgIpc) is 4.05. The third-order valence-electron chi connectivity index (χ3n) is 17.4. The summed E-state index contributed by atoms with van der Waals surface area (Å²) in [5.41, 5.74) is 28.5. The maximum absolute atomic E-state index is 2.83. The van der Waals surface area contributed by atoms with Gasteiger partial charge in [-0.3, -0.25) is 0 Å². The number of anilines is 5. The molecule has 2 nitrogen and oxygen atoms in total. The monoisotopic (exact) mass is 938 g/mol. The zero-order valence-corrected chi connectivity index (χ0v) is 41.4. The molecular formula is C69H50N2S. The van der Waals surface area contributed by atoms with Gasteiger partial charge >= 0.3 is 0 Å². The van der Waals surface area contributed by atoms with Gasteiger partial charge in [-0.15, -0.1) is 11.3 Å². The summed E-state index contributed by atoms with van der Waals surface area (Å²) in [7, 11) is 0. The fraction of sp³-hybridized carbons (Fsp3) is 0.130. The highest BCUT2D eigenvalue weighted by Gasteiger charge is 2.56. The van der Waals surface area contributed by atoms with E-state index in [2.05, 4.69) is 237 Å². The number of aryl methyl sites for hydroxylation is 1. The van der Waals surface area contributed by atoms with E-state index in [0.717, 1.165) is 19.3 Å². The van der Waals surface area contributed by atoms with Crippen molar-refractivity contribution in [3.8, 4) is 44.5 Å². The van der Waals surface area contributed by atoms with E-state index in [4.69, 9.17) is 0 Å². The first-order chi connectivity index (χ1) is 35.5. The molecule has 0 amide bonds. The quantitative estimate of drug-likeness (QED) is 0.170. The number of nitrogens with zero attached hydrogens (tertiary/aromatic N) is 2. The Morgan fingerprint density at radius 2 is 1.11 bits per heavy atom. The maximum Gasteiger partial charge on any atom is 0.0898 e. The highest BCUT2D eigenvalue weighted by Crippen LogP contribution is 2.72. The van der Waals surface area contributed by atoms with Crippen molar-refractivity contribution in [1.29, 1.82) is 0 Å². The van der Waals surface area contributed by atoms with Crippen molar-refractivity contribution >= 4 is 59.9 Å². The van der Waals surface area contributed by atoms with Gasteiger partial charge in [0.05, 0.1) is 34.2 Å². The Morgan fingerprint density at radius 1 is 0.458 bits per heavy atom. The predicted molar refractivity (Wildman–Crippen MR) is 302 cm³/mol. The van der Waals surface area contributed by atoms with Gasteiger partial charge in [-0.25, -0.2) is 0 Å². The summed E-state index contributed by atoms with van der Waals surface area (Å²) in [6, 6.07) is 79.7. The first kappa shape index (κ1) is 40.7. The number of rotatable bonds is 5. The summed E-state index contributed by atoms with van der Waals surface area (Å²) < 4.78 is 2.65. The number of benzene rings is 10. The van der Waals surface area contributed by atoms with E-state index in [0.29, 0.717) is 0 Å². The number of unbranched alkanes of at least 4 members (excludes halogenated alkanes) is 1. The summed E-state index contributed by atoms with van der Waals surface area (Å²) in [6.07, 6.45) is 3.38. The molecule has 1 atom stereocenters. The van der Waals surface area contributed by atoms with Crippen molar-refractivity contribution in [1.82, 2.24) is 0 Å². The largest absolute Gasteiger partial charge is 0.328 e. The van der Waals surface area contributed by atoms with Gasteiger partial charge in [0.2, 0.25) is 0 Å². The molecule has 1 aromatic heterocycles. The fourth-order valence-electron chi connectivity index (χ4n) is 14.5. The fourth-order valence-corrected chi connectivity index (χ4v) is 15.6. The molecule has 0 fully saturated rings. The lowest BCUT2D eigenvalue weighted by Crippen LogP contribution is -2.43. The van der Waals surface area contributed by atoms with Crippen molar-refractivity contribution in [2.45, 2.75) is 56.9 Å². The Bertz CT molecular complexity index is 4110. The van der Waals surface area contributed by atoms with Crippen molar-refractivity contribution < 1.29 is 0 Å². The van der Waals surface area contributed by atoms with Crippen LogP contribution in [0.15, 0.2) is 206 Å². The van der Waals surface area contributed by atoms with Crippen LogP contribution in [0.3, 0.4) is 0 Å². The zero-order valence-electron chi connectivity index (χ0n) is 40.6. The summed E-state index contributed by atoms with van der Waals surface area (Å²) in [6.45, 7) is 7.22. The van der Waals surface area contributed by atoms with Gasteiger partial charge in [-0.05, 0) is 128 Å². The van der Waals surface area contributed by atoms with Crippen LogP contribution in [0.25, 0.3) is 64.7 Å². The molecule has 0 saturated heterocycles. The van der Waals surface area contributed by atoms with Crippen LogP contribution in [0.2, 0.25) is 0 Å². The lowest BCUT2D eigenvalue weighted by Gasteiger charge is -2.53. The Kier molecular flexibility index (Phi) is 8.24. The van der Waals surface area contributed by atoms with Crippen LogP contribution in [-0.4, -0.2) is 0 Å². The Morgan fingerprint density at radius 3 is 1.90 bits per heavy atom. The molecular weight excluding hydrogens is 889 g/mol. The first-order valence-electron chi connectivity index (χ1n) is 25.9. The zero-order chi connectivity index (χ0) is 47.6. The molecule has 4 heterocycles. The summed E-state index contributed by atoms with van der Waals surface area (Å²) in [5.74, 6) is 0. The number of para-hydroxylation sites is 2. The van der Waals surface area contributed by atoms with Crippen LogP contribution in [-0.2, 0) is 17.3 Å². The molecule has 5 aliphatic rings. The van der Waals surface area contributed by atoms with E-state index < -0.39 is 5.41 Å². The first-order valence-corrected chi connectivity index (χ1v) is 26.8. The molecule has 10 aromatic carbocycles. The Labute approximate surface area is 425 Å². The minimum atomic E-state index is -0.532. The van der Waals surface area contributed by atoms with Crippen LogP contribution in [0.1, 0.15) is 89.7 Å². The summed E-state index contributed by atoms with van der Waals surface area (Å²) in [5, 5.41) is 2.68. The molecule has 1 unspecified atom stereocenters. The molecule has 342 valence electrons. The van der Waals surface area contributed by atoms with E-state index in [1.165, 1.54) is 143 Å². The second kappa shape index (κ2) is 14.6. The smallest absolute Gasteiger partial charge is 0.0898 e. The number of fused-ring (bicyclic) bond motifs is 21. The molecule has 0 saturated carbocycles. The highest BCUT2D eigenvalue weighted by molar-refractivity contribution is 7.25. The summed E-state index contributed by atoms with van der Waals surface area (Å²) in [4.78, 5) is 5.53. The van der Waals surface area contributed by atoms with E-state index in [1.54, 1.807) is 0 Å². The molecule has 2 aliphatic carbocycles. The van der Waals surface area contributed by atoms with Crippen molar-refractivity contribution in [3.63, 3.8) is 0 Å². The maximum atomic E-state index is 2.83. The van der Waals surface area contributed by atoms with E-state index in [9.17, 15) is 0 Å². The van der Waals surface area contributed by atoms with Gasteiger partial charge in [0.15, 0.2) is 0 Å². The van der Waals surface area contributed by atoms with Crippen molar-refractivity contribution in [2.24, 2.45) is 0 Å². The third-order valence-corrected chi connectivity index (χ3v) is 18.5. The van der Waals surface area contributed by atoms with Gasteiger partial charge in [-0.2, -0.15) is 0 Å². The molecule has 0 N–H and O–H groups in total. The van der Waals surface area contributed by atoms with Crippen molar-refractivity contribution in [3.05, 3.63) is 256 Å². The molecule has 11 aromatic rings. The number of hydrogen-bond donors (Lipinski definition) is 0. The standard InChI is InChI=1S/C69H50N2S/c1-4-5-20-41-35-36-55(48(39-41)42-21-7-6-8-22-42)70-57-37-38-60-62(46-26-12-18-34-59(46)72-60)64(57)67-65-58(70)40-54-61(45-25-11-13-28-49(45)68(54,2)3)63(65)47-27-19-32-53-66(47)71(67)56-33-17-16-31-52(56)69(53)50-29-14-9-23-43(50)44-24-10-15-30-51(44)69/h6-19,21-40,67H,4-5,20H2,1-3H3. The normalized spacial score (nSPS) is 16.2. The lowest BCUT2D eigenvalue weighted by molar-refractivity contribution is 0.658. The van der Waals surface area contributed by atoms with Gasteiger partial charge in [0.25, 0.3) is 0 Å². The second-order valence-electron chi connectivity index (χ2n) is 21.2. The molecule has 72 heavy (non-hydrogen) atoms. The van der Waals surface area contributed by atoms with E-state index >= 15 is 0 Å². The van der Waals surface area contributed by atoms with Crippen LogP contribution in [0.4, 0.5) is 28.4 Å². The molecule has 1 spiro atoms. The second-order valence-corrected chi connectivity index (χ2v) is 22.3. The average molecular weight is 939 g/mol. The van der Waals surface area contributed by atoms with Crippen LogP contribution in [0, 0.1) is 0 Å². The van der Waals surface area contributed by atoms with E-state index in [1.807, 2.05) is 11.3 Å². The lowest BCUT2D eigenvalue weighted by atomic mass is 9.62. The van der Waals surface area contributed by atoms with Gasteiger partial charge < -0.3 is 9.80 Å². The molecule has 0 radical (unpaired) electrons. The highest BCUT2D eigenvalue weighted by atomic mass is 32.1. The minimum absolute atomic E-state index is 0.160. The summed E-state index contributed by atoms with van der Waals surface area (Å²) >= 11 is 1.93. The number of thiophene rings is 1.